The van der Waals surface area contributed by atoms with Crippen LogP contribution < -0.4 is 14.8 Å². The van der Waals surface area contributed by atoms with E-state index in [-0.39, 0.29) is 11.6 Å². The SMILES string of the molecule is O=C(Nc1ccc(Oc2ccc(Cl)cc2)cc1)c1cc(-c2ccc(OCc3ccccc3Cl)cc2)on1. The average Bonchev–Trinajstić information content (AvgIpc) is 3.42. The first kappa shape index (κ1) is 24.4. The quantitative estimate of drug-likeness (QED) is 0.218. The van der Waals surface area contributed by atoms with Gasteiger partial charge in [-0.25, -0.2) is 0 Å². The van der Waals surface area contributed by atoms with Gasteiger partial charge in [0.2, 0.25) is 0 Å². The second-order valence-electron chi connectivity index (χ2n) is 8.02. The van der Waals surface area contributed by atoms with Crippen LogP contribution >= 0.6 is 23.2 Å². The summed E-state index contributed by atoms with van der Waals surface area (Å²) in [5.74, 6) is 2.06. The highest BCUT2D eigenvalue weighted by Gasteiger charge is 2.14. The van der Waals surface area contributed by atoms with Gasteiger partial charge < -0.3 is 19.3 Å². The molecule has 184 valence electrons. The molecule has 1 heterocycles. The molecule has 37 heavy (non-hydrogen) atoms. The fraction of sp³-hybridized carbons (Fsp3) is 0.0345. The van der Waals surface area contributed by atoms with Crippen molar-refractivity contribution in [2.45, 2.75) is 6.61 Å². The lowest BCUT2D eigenvalue weighted by atomic mass is 10.1. The van der Waals surface area contributed by atoms with Crippen molar-refractivity contribution in [1.29, 1.82) is 0 Å². The molecule has 6 nitrogen and oxygen atoms in total. The molecule has 0 fully saturated rings. The fourth-order valence-electron chi connectivity index (χ4n) is 3.45. The summed E-state index contributed by atoms with van der Waals surface area (Å²) in [6.45, 7) is 0.361. The molecule has 0 saturated heterocycles. The number of rotatable bonds is 8. The number of halogens is 2. The molecule has 1 aromatic heterocycles. The van der Waals surface area contributed by atoms with Crippen molar-refractivity contribution in [1.82, 2.24) is 5.16 Å². The van der Waals surface area contributed by atoms with E-state index in [1.807, 2.05) is 48.5 Å². The Kier molecular flexibility index (Phi) is 7.40. The van der Waals surface area contributed by atoms with Gasteiger partial charge in [-0.2, -0.15) is 0 Å². The maximum atomic E-state index is 12.7. The Morgan fingerprint density at radius 1 is 0.811 bits per heavy atom. The highest BCUT2D eigenvalue weighted by Crippen LogP contribution is 2.26. The van der Waals surface area contributed by atoms with E-state index in [2.05, 4.69) is 10.5 Å². The molecule has 1 amide bonds. The number of carbonyl (C=O) groups is 1. The average molecular weight is 531 g/mol. The zero-order valence-electron chi connectivity index (χ0n) is 19.4. The monoisotopic (exact) mass is 530 g/mol. The van der Waals surface area contributed by atoms with Gasteiger partial charge in [0.25, 0.3) is 5.91 Å². The van der Waals surface area contributed by atoms with Crippen LogP contribution in [0.15, 0.2) is 108 Å². The number of ether oxygens (including phenoxy) is 2. The summed E-state index contributed by atoms with van der Waals surface area (Å²) in [5.41, 5.74) is 2.43. The molecule has 0 unspecified atom stereocenters. The van der Waals surface area contributed by atoms with E-state index in [1.54, 1.807) is 54.6 Å². The third-order valence-electron chi connectivity index (χ3n) is 5.40. The van der Waals surface area contributed by atoms with E-state index in [0.29, 0.717) is 45.3 Å². The minimum absolute atomic E-state index is 0.163. The number of amides is 1. The van der Waals surface area contributed by atoms with Crippen molar-refractivity contribution >= 4 is 34.8 Å². The lowest BCUT2D eigenvalue weighted by Crippen LogP contribution is -2.11. The van der Waals surface area contributed by atoms with Crippen molar-refractivity contribution < 1.29 is 18.8 Å². The molecule has 0 radical (unpaired) electrons. The molecule has 8 heteroatoms. The maximum Gasteiger partial charge on any atom is 0.277 e. The Balaban J connectivity index is 1.17. The Hall–Kier alpha value is -4.26. The van der Waals surface area contributed by atoms with Gasteiger partial charge in [0, 0.05) is 32.9 Å². The molecule has 5 aromatic rings. The summed E-state index contributed by atoms with van der Waals surface area (Å²) in [5, 5.41) is 8.01. The smallest absolute Gasteiger partial charge is 0.277 e. The number of nitrogens with zero attached hydrogens (tertiary/aromatic N) is 1. The molecular formula is C29H20Cl2N2O4. The van der Waals surface area contributed by atoms with Crippen LogP contribution in [0.4, 0.5) is 5.69 Å². The molecular weight excluding hydrogens is 511 g/mol. The van der Waals surface area contributed by atoms with Gasteiger partial charge in [-0.05, 0) is 78.9 Å². The van der Waals surface area contributed by atoms with Gasteiger partial charge >= 0.3 is 0 Å². The zero-order valence-corrected chi connectivity index (χ0v) is 20.9. The molecule has 0 aliphatic rings. The summed E-state index contributed by atoms with van der Waals surface area (Å²) < 4.78 is 17.0. The van der Waals surface area contributed by atoms with Crippen molar-refractivity contribution in [3.05, 3.63) is 124 Å². The summed E-state index contributed by atoms with van der Waals surface area (Å²) >= 11 is 12.1. The number of hydrogen-bond acceptors (Lipinski definition) is 5. The first-order valence-corrected chi connectivity index (χ1v) is 12.1. The number of nitrogens with one attached hydrogen (secondary N) is 1. The fourth-order valence-corrected chi connectivity index (χ4v) is 3.77. The lowest BCUT2D eigenvalue weighted by Gasteiger charge is -2.08. The van der Waals surface area contributed by atoms with Crippen LogP contribution in [0, 0.1) is 0 Å². The second-order valence-corrected chi connectivity index (χ2v) is 8.86. The first-order chi connectivity index (χ1) is 18.0. The number of anilines is 1. The summed E-state index contributed by atoms with van der Waals surface area (Å²) in [7, 11) is 0. The molecule has 0 atom stereocenters. The van der Waals surface area contributed by atoms with Gasteiger partial charge in [0.15, 0.2) is 11.5 Å². The van der Waals surface area contributed by atoms with Crippen molar-refractivity contribution in [3.8, 4) is 28.6 Å². The molecule has 0 bridgehead atoms. The standard InChI is InChI=1S/C29H20Cl2N2O4/c30-21-7-13-24(14-8-21)36-25-15-9-22(10-16-25)32-29(34)27-17-28(37-33-27)19-5-11-23(12-6-19)35-18-20-3-1-2-4-26(20)31/h1-17H,18H2,(H,32,34). The molecule has 5 rings (SSSR count). The third-order valence-corrected chi connectivity index (χ3v) is 6.02. The second kappa shape index (κ2) is 11.2. The predicted molar refractivity (Wildman–Crippen MR) is 144 cm³/mol. The maximum absolute atomic E-state index is 12.7. The highest BCUT2D eigenvalue weighted by molar-refractivity contribution is 6.31. The Morgan fingerprint density at radius 2 is 1.46 bits per heavy atom. The van der Waals surface area contributed by atoms with Crippen LogP contribution in [-0.2, 0) is 6.61 Å². The van der Waals surface area contributed by atoms with E-state index in [0.717, 1.165) is 11.1 Å². The van der Waals surface area contributed by atoms with Gasteiger partial charge in [-0.3, -0.25) is 4.79 Å². The van der Waals surface area contributed by atoms with E-state index in [4.69, 9.17) is 37.2 Å². The lowest BCUT2D eigenvalue weighted by molar-refractivity contribution is 0.101. The van der Waals surface area contributed by atoms with Crippen molar-refractivity contribution in [3.63, 3.8) is 0 Å². The first-order valence-electron chi connectivity index (χ1n) is 11.3. The molecule has 0 spiro atoms. The number of aromatic nitrogens is 1. The Morgan fingerprint density at radius 3 is 2.16 bits per heavy atom. The molecule has 0 aliphatic heterocycles. The van der Waals surface area contributed by atoms with Gasteiger partial charge in [-0.15, -0.1) is 0 Å². The largest absolute Gasteiger partial charge is 0.489 e. The Bertz CT molecular complexity index is 1500. The molecule has 4 aromatic carbocycles. The van der Waals surface area contributed by atoms with Crippen molar-refractivity contribution in [2.75, 3.05) is 5.32 Å². The minimum atomic E-state index is -0.388. The van der Waals surface area contributed by atoms with Gasteiger partial charge in [-0.1, -0.05) is 46.6 Å². The van der Waals surface area contributed by atoms with Crippen molar-refractivity contribution in [2.24, 2.45) is 0 Å². The van der Waals surface area contributed by atoms with Gasteiger partial charge in [0.1, 0.15) is 23.9 Å². The topological polar surface area (TPSA) is 73.6 Å². The highest BCUT2D eigenvalue weighted by atomic mass is 35.5. The van der Waals surface area contributed by atoms with E-state index < -0.39 is 0 Å². The number of carbonyl (C=O) groups excluding carboxylic acids is 1. The molecule has 0 aliphatic carbocycles. The zero-order chi connectivity index (χ0) is 25.6. The summed E-state index contributed by atoms with van der Waals surface area (Å²) in [4.78, 5) is 12.7. The minimum Gasteiger partial charge on any atom is -0.489 e. The van der Waals surface area contributed by atoms with Crippen LogP contribution in [0.1, 0.15) is 16.1 Å². The van der Waals surface area contributed by atoms with Gasteiger partial charge in [0.05, 0.1) is 0 Å². The third kappa shape index (κ3) is 6.30. The number of hydrogen-bond donors (Lipinski definition) is 1. The Labute approximate surface area is 223 Å². The predicted octanol–water partition coefficient (Wildman–Crippen LogP) is 8.27. The van der Waals surface area contributed by atoms with E-state index >= 15 is 0 Å². The van der Waals surface area contributed by atoms with Crippen LogP contribution in [0.5, 0.6) is 17.2 Å². The summed E-state index contributed by atoms with van der Waals surface area (Å²) in [6.07, 6.45) is 0. The van der Waals surface area contributed by atoms with Crippen LogP contribution in [0.3, 0.4) is 0 Å². The normalized spacial score (nSPS) is 10.6. The molecule has 0 saturated carbocycles. The van der Waals surface area contributed by atoms with Crippen LogP contribution in [0.2, 0.25) is 10.0 Å². The summed E-state index contributed by atoms with van der Waals surface area (Å²) in [6, 6.07) is 30.5. The van der Waals surface area contributed by atoms with E-state index in [9.17, 15) is 4.79 Å². The molecule has 1 N–H and O–H groups in total. The number of benzene rings is 4. The van der Waals surface area contributed by atoms with Crippen LogP contribution in [-0.4, -0.2) is 11.1 Å². The van der Waals surface area contributed by atoms with Crippen LogP contribution in [0.25, 0.3) is 11.3 Å². The van der Waals surface area contributed by atoms with E-state index in [1.165, 1.54) is 0 Å².